The van der Waals surface area contributed by atoms with Crippen molar-refractivity contribution in [3.8, 4) is 0 Å². The number of hydrogen-bond acceptors (Lipinski definition) is 1. The van der Waals surface area contributed by atoms with Gasteiger partial charge in [-0.05, 0) is 12.5 Å². The number of rotatable bonds is 11. The molecule has 0 rings (SSSR count). The van der Waals surface area contributed by atoms with Crippen molar-refractivity contribution in [2.45, 2.75) is 64.7 Å². The van der Waals surface area contributed by atoms with Gasteiger partial charge in [-0.15, -0.1) is 0 Å². The number of unbranched alkanes of at least 4 members (excludes halogenated alkanes) is 8. The maximum atomic E-state index is 11.2. The minimum absolute atomic E-state index is 0.0320. The summed E-state index contributed by atoms with van der Waals surface area (Å²) in [5.74, 6) is 0.0320. The Morgan fingerprint density at radius 1 is 1.00 bits per heavy atom. The summed E-state index contributed by atoms with van der Waals surface area (Å²) in [6.07, 6.45) is 13.3. The molecule has 0 aromatic carbocycles. The van der Waals surface area contributed by atoms with Crippen molar-refractivity contribution >= 4 is 5.91 Å². The Labute approximate surface area is 107 Å². The van der Waals surface area contributed by atoms with Gasteiger partial charge in [0.2, 0.25) is 5.91 Å². The maximum absolute atomic E-state index is 11.2. The normalized spacial score (nSPS) is 10.2. The molecule has 1 amide bonds. The first kappa shape index (κ1) is 16.2. The van der Waals surface area contributed by atoms with E-state index in [9.17, 15) is 4.79 Å². The molecule has 0 unspecified atom stereocenters. The molecule has 0 saturated carbocycles. The lowest BCUT2D eigenvalue weighted by molar-refractivity contribution is -0.124. The van der Waals surface area contributed by atoms with Crippen LogP contribution in [0, 0.1) is 0 Å². The van der Waals surface area contributed by atoms with Crippen LogP contribution in [0.3, 0.4) is 0 Å². The van der Waals surface area contributed by atoms with Gasteiger partial charge in [0, 0.05) is 13.6 Å². The van der Waals surface area contributed by atoms with Gasteiger partial charge in [-0.2, -0.15) is 0 Å². The highest BCUT2D eigenvalue weighted by Crippen LogP contribution is 2.09. The van der Waals surface area contributed by atoms with Crippen LogP contribution in [0.1, 0.15) is 64.7 Å². The first-order chi connectivity index (χ1) is 8.22. The van der Waals surface area contributed by atoms with Crippen LogP contribution in [0.4, 0.5) is 0 Å². The molecule has 0 N–H and O–H groups in total. The highest BCUT2D eigenvalue weighted by molar-refractivity contribution is 5.86. The SMILES string of the molecule is C=CC(=O)N(C)CCCCCCCCCCC. The Morgan fingerprint density at radius 3 is 1.94 bits per heavy atom. The molecule has 0 heterocycles. The summed E-state index contributed by atoms with van der Waals surface area (Å²) in [5, 5.41) is 0. The minimum Gasteiger partial charge on any atom is -0.342 e. The van der Waals surface area contributed by atoms with Crippen LogP contribution in [-0.4, -0.2) is 24.4 Å². The molecule has 2 heteroatoms. The maximum Gasteiger partial charge on any atom is 0.245 e. The molecule has 0 fully saturated rings. The lowest BCUT2D eigenvalue weighted by atomic mass is 10.1. The third-order valence-corrected chi connectivity index (χ3v) is 3.15. The van der Waals surface area contributed by atoms with E-state index in [4.69, 9.17) is 0 Å². The number of nitrogens with zero attached hydrogens (tertiary/aromatic N) is 1. The largest absolute Gasteiger partial charge is 0.342 e. The van der Waals surface area contributed by atoms with Gasteiger partial charge in [0.1, 0.15) is 0 Å². The van der Waals surface area contributed by atoms with E-state index in [1.165, 1.54) is 57.4 Å². The second kappa shape index (κ2) is 11.7. The number of hydrogen-bond donors (Lipinski definition) is 0. The quantitative estimate of drug-likeness (QED) is 0.391. The van der Waals surface area contributed by atoms with Gasteiger partial charge in [0.15, 0.2) is 0 Å². The lowest BCUT2D eigenvalue weighted by Gasteiger charge is -2.14. The van der Waals surface area contributed by atoms with E-state index in [0.29, 0.717) is 0 Å². The van der Waals surface area contributed by atoms with Crippen molar-refractivity contribution in [3.05, 3.63) is 12.7 Å². The molecule has 17 heavy (non-hydrogen) atoms. The first-order valence-corrected chi connectivity index (χ1v) is 7.10. The molecule has 0 atom stereocenters. The molecular formula is C15H29NO. The molecule has 0 radical (unpaired) electrons. The van der Waals surface area contributed by atoms with E-state index >= 15 is 0 Å². The molecule has 0 aliphatic rings. The molecule has 0 aromatic rings. The molecule has 0 spiro atoms. The Morgan fingerprint density at radius 2 is 1.47 bits per heavy atom. The number of carbonyl (C=O) groups excluding carboxylic acids is 1. The van der Waals surface area contributed by atoms with E-state index < -0.39 is 0 Å². The van der Waals surface area contributed by atoms with Gasteiger partial charge in [-0.1, -0.05) is 64.9 Å². The highest BCUT2D eigenvalue weighted by Gasteiger charge is 2.02. The van der Waals surface area contributed by atoms with Crippen LogP contribution in [0.15, 0.2) is 12.7 Å². The van der Waals surface area contributed by atoms with Gasteiger partial charge in [-0.3, -0.25) is 4.79 Å². The predicted molar refractivity (Wildman–Crippen MR) is 75.1 cm³/mol. The molecule has 0 bridgehead atoms. The molecular weight excluding hydrogens is 210 g/mol. The molecule has 0 saturated heterocycles. The molecule has 2 nitrogen and oxygen atoms in total. The van der Waals surface area contributed by atoms with Crippen molar-refractivity contribution in [1.29, 1.82) is 0 Å². The fourth-order valence-electron chi connectivity index (χ4n) is 1.93. The van der Waals surface area contributed by atoms with Crippen LogP contribution in [0.5, 0.6) is 0 Å². The van der Waals surface area contributed by atoms with Crippen molar-refractivity contribution in [1.82, 2.24) is 4.90 Å². The Bertz CT molecular complexity index is 201. The van der Waals surface area contributed by atoms with Crippen LogP contribution < -0.4 is 0 Å². The van der Waals surface area contributed by atoms with Crippen LogP contribution in [0.25, 0.3) is 0 Å². The van der Waals surface area contributed by atoms with Crippen molar-refractivity contribution < 1.29 is 4.79 Å². The first-order valence-electron chi connectivity index (χ1n) is 7.10. The average molecular weight is 239 g/mol. The Hall–Kier alpha value is -0.790. The average Bonchev–Trinajstić information content (AvgIpc) is 2.35. The molecule has 0 aromatic heterocycles. The van der Waals surface area contributed by atoms with Crippen molar-refractivity contribution in [2.24, 2.45) is 0 Å². The van der Waals surface area contributed by atoms with Crippen molar-refractivity contribution in [2.75, 3.05) is 13.6 Å². The Kier molecular flexibility index (Phi) is 11.1. The smallest absolute Gasteiger partial charge is 0.245 e. The van der Waals surface area contributed by atoms with Crippen molar-refractivity contribution in [3.63, 3.8) is 0 Å². The lowest BCUT2D eigenvalue weighted by Crippen LogP contribution is -2.25. The number of carbonyl (C=O) groups is 1. The topological polar surface area (TPSA) is 20.3 Å². The predicted octanol–water partition coefficient (Wildman–Crippen LogP) is 4.16. The monoisotopic (exact) mass is 239 g/mol. The minimum atomic E-state index is 0.0320. The van der Waals surface area contributed by atoms with Gasteiger partial charge in [0.05, 0.1) is 0 Å². The van der Waals surface area contributed by atoms with E-state index in [1.807, 2.05) is 7.05 Å². The second-order valence-electron chi connectivity index (χ2n) is 4.79. The zero-order valence-electron chi connectivity index (χ0n) is 11.7. The fraction of sp³-hybridized carbons (Fsp3) is 0.800. The highest BCUT2D eigenvalue weighted by atomic mass is 16.2. The summed E-state index contributed by atoms with van der Waals surface area (Å²) >= 11 is 0. The van der Waals surface area contributed by atoms with E-state index in [0.717, 1.165) is 13.0 Å². The van der Waals surface area contributed by atoms with Crippen LogP contribution in [0.2, 0.25) is 0 Å². The standard InChI is InChI=1S/C15H29NO/c1-4-6-7-8-9-10-11-12-13-14-16(3)15(17)5-2/h5H,2,4,6-14H2,1,3H3. The van der Waals surface area contributed by atoms with Gasteiger partial charge in [0.25, 0.3) is 0 Å². The molecule has 0 aliphatic heterocycles. The summed E-state index contributed by atoms with van der Waals surface area (Å²) in [6, 6.07) is 0. The zero-order chi connectivity index (χ0) is 12.9. The fourth-order valence-corrected chi connectivity index (χ4v) is 1.93. The third kappa shape index (κ3) is 10.1. The summed E-state index contributed by atoms with van der Waals surface area (Å²) < 4.78 is 0. The molecule has 0 aliphatic carbocycles. The second-order valence-corrected chi connectivity index (χ2v) is 4.79. The van der Waals surface area contributed by atoms with Crippen LogP contribution in [-0.2, 0) is 4.79 Å². The van der Waals surface area contributed by atoms with Gasteiger partial charge < -0.3 is 4.90 Å². The van der Waals surface area contributed by atoms with E-state index in [2.05, 4.69) is 13.5 Å². The summed E-state index contributed by atoms with van der Waals surface area (Å²) in [7, 11) is 1.84. The van der Waals surface area contributed by atoms with E-state index in [-0.39, 0.29) is 5.91 Å². The van der Waals surface area contributed by atoms with Gasteiger partial charge >= 0.3 is 0 Å². The molecule has 100 valence electrons. The zero-order valence-corrected chi connectivity index (χ0v) is 11.7. The number of amides is 1. The van der Waals surface area contributed by atoms with E-state index in [1.54, 1.807) is 4.90 Å². The summed E-state index contributed by atoms with van der Waals surface area (Å²) in [6.45, 7) is 6.60. The summed E-state index contributed by atoms with van der Waals surface area (Å²) in [4.78, 5) is 12.9. The summed E-state index contributed by atoms with van der Waals surface area (Å²) in [5.41, 5.74) is 0. The van der Waals surface area contributed by atoms with Crippen LogP contribution >= 0.6 is 0 Å². The third-order valence-electron chi connectivity index (χ3n) is 3.15. The number of likely N-dealkylation sites (N-methyl/N-ethyl adjacent to an activating group) is 1. The van der Waals surface area contributed by atoms with Gasteiger partial charge in [-0.25, -0.2) is 0 Å². The Balaban J connectivity index is 3.18.